The predicted octanol–water partition coefficient (Wildman–Crippen LogP) is 21.6. The summed E-state index contributed by atoms with van der Waals surface area (Å²) in [5, 5.41) is 0. The second-order valence-corrected chi connectivity index (χ2v) is 21.3. The van der Waals surface area contributed by atoms with Crippen molar-refractivity contribution in [2.24, 2.45) is 0 Å². The minimum atomic E-state index is -0.783. The summed E-state index contributed by atoms with van der Waals surface area (Å²) in [5.74, 6) is -0.892. The van der Waals surface area contributed by atoms with E-state index in [9.17, 15) is 14.4 Å². The van der Waals surface area contributed by atoms with Crippen LogP contribution in [0, 0.1) is 0 Å². The lowest BCUT2D eigenvalue weighted by molar-refractivity contribution is -0.167. The Kier molecular flexibility index (Phi) is 59.2. The van der Waals surface area contributed by atoms with E-state index in [1.54, 1.807) is 0 Å². The van der Waals surface area contributed by atoms with Gasteiger partial charge in [-0.25, -0.2) is 0 Å². The molecule has 0 bridgehead atoms. The van der Waals surface area contributed by atoms with Gasteiger partial charge in [-0.1, -0.05) is 268 Å². The van der Waals surface area contributed by atoms with Crippen LogP contribution in [0.3, 0.4) is 0 Å². The third kappa shape index (κ3) is 59.9. The second-order valence-electron chi connectivity index (χ2n) is 21.3. The fourth-order valence-corrected chi connectivity index (χ4v) is 9.15. The number of esters is 3. The first-order valence-electron chi connectivity index (χ1n) is 31.8. The molecule has 0 aromatic rings. The Morgan fingerprint density at radius 2 is 0.521 bits per heavy atom. The van der Waals surface area contributed by atoms with Gasteiger partial charge in [0, 0.05) is 19.3 Å². The summed E-state index contributed by atoms with van der Waals surface area (Å²) in [4.78, 5) is 38.1. The molecule has 1 atom stereocenters. The maximum atomic E-state index is 12.8. The summed E-state index contributed by atoms with van der Waals surface area (Å²) in [6.07, 6.45) is 78.2. The number of hydrogen-bond donors (Lipinski definition) is 0. The van der Waals surface area contributed by atoms with E-state index in [4.69, 9.17) is 14.2 Å². The van der Waals surface area contributed by atoms with Crippen molar-refractivity contribution in [1.29, 1.82) is 0 Å². The van der Waals surface area contributed by atoms with E-state index in [2.05, 4.69) is 81.5 Å². The van der Waals surface area contributed by atoms with E-state index >= 15 is 0 Å². The summed E-state index contributed by atoms with van der Waals surface area (Å²) in [5.41, 5.74) is 0. The summed E-state index contributed by atoms with van der Waals surface area (Å²) >= 11 is 0. The molecular formula is C67H120O6. The zero-order valence-electron chi connectivity index (χ0n) is 48.7. The van der Waals surface area contributed by atoms with Crippen LogP contribution in [0.2, 0.25) is 0 Å². The molecule has 0 radical (unpaired) electrons. The normalized spacial score (nSPS) is 12.4. The highest BCUT2D eigenvalue weighted by molar-refractivity contribution is 5.71. The van der Waals surface area contributed by atoms with E-state index < -0.39 is 6.10 Å². The lowest BCUT2D eigenvalue weighted by atomic mass is 10.0. The molecule has 0 spiro atoms. The number of allylic oxidation sites excluding steroid dienone is 10. The predicted molar refractivity (Wildman–Crippen MR) is 316 cm³/mol. The van der Waals surface area contributed by atoms with E-state index in [0.29, 0.717) is 19.3 Å². The molecule has 424 valence electrons. The molecule has 6 heteroatoms. The van der Waals surface area contributed by atoms with Crippen LogP contribution in [0.1, 0.15) is 329 Å². The summed E-state index contributed by atoms with van der Waals surface area (Å²) < 4.78 is 16.9. The van der Waals surface area contributed by atoms with Gasteiger partial charge in [-0.05, 0) is 103 Å². The molecule has 73 heavy (non-hydrogen) atoms. The van der Waals surface area contributed by atoms with Gasteiger partial charge in [0.15, 0.2) is 6.10 Å². The third-order valence-corrected chi connectivity index (χ3v) is 13.9. The van der Waals surface area contributed by atoms with E-state index in [1.807, 2.05) is 0 Å². The van der Waals surface area contributed by atoms with Crippen LogP contribution >= 0.6 is 0 Å². The smallest absolute Gasteiger partial charge is 0.306 e. The van der Waals surface area contributed by atoms with E-state index in [0.717, 1.165) is 103 Å². The average Bonchev–Trinajstić information content (AvgIpc) is 3.39. The van der Waals surface area contributed by atoms with Crippen molar-refractivity contribution in [2.45, 2.75) is 335 Å². The average molecular weight is 1020 g/mol. The Balaban J connectivity index is 4.15. The minimum Gasteiger partial charge on any atom is -0.462 e. The van der Waals surface area contributed by atoms with Crippen molar-refractivity contribution in [1.82, 2.24) is 0 Å². The Bertz CT molecular complexity index is 1310. The van der Waals surface area contributed by atoms with Gasteiger partial charge in [-0.15, -0.1) is 0 Å². The molecule has 0 aromatic heterocycles. The highest BCUT2D eigenvalue weighted by Gasteiger charge is 2.19. The lowest BCUT2D eigenvalue weighted by Gasteiger charge is -2.18. The largest absolute Gasteiger partial charge is 0.462 e. The van der Waals surface area contributed by atoms with Crippen LogP contribution in [0.25, 0.3) is 0 Å². The minimum absolute atomic E-state index is 0.0802. The zero-order valence-corrected chi connectivity index (χ0v) is 48.7. The highest BCUT2D eigenvalue weighted by atomic mass is 16.6. The first-order chi connectivity index (χ1) is 36.0. The van der Waals surface area contributed by atoms with Crippen molar-refractivity contribution in [3.63, 3.8) is 0 Å². The maximum Gasteiger partial charge on any atom is 0.306 e. The molecule has 6 nitrogen and oxygen atoms in total. The summed E-state index contributed by atoms with van der Waals surface area (Å²) in [7, 11) is 0. The van der Waals surface area contributed by atoms with Gasteiger partial charge in [0.25, 0.3) is 0 Å². The second kappa shape index (κ2) is 61.7. The Morgan fingerprint density at radius 1 is 0.274 bits per heavy atom. The first kappa shape index (κ1) is 70.1. The monoisotopic (exact) mass is 1020 g/mol. The molecule has 0 fully saturated rings. The fourth-order valence-electron chi connectivity index (χ4n) is 9.15. The van der Waals surface area contributed by atoms with Crippen molar-refractivity contribution in [2.75, 3.05) is 13.2 Å². The molecular weight excluding hydrogens is 901 g/mol. The van der Waals surface area contributed by atoms with Crippen LogP contribution in [0.15, 0.2) is 60.8 Å². The number of carbonyl (C=O) groups excluding carboxylic acids is 3. The van der Waals surface area contributed by atoms with Gasteiger partial charge in [-0.2, -0.15) is 0 Å². The number of carbonyl (C=O) groups is 3. The van der Waals surface area contributed by atoms with Gasteiger partial charge < -0.3 is 14.2 Å². The molecule has 1 unspecified atom stereocenters. The summed E-state index contributed by atoms with van der Waals surface area (Å²) in [6.45, 7) is 6.56. The number of hydrogen-bond acceptors (Lipinski definition) is 6. The van der Waals surface area contributed by atoms with Gasteiger partial charge in [-0.3, -0.25) is 14.4 Å². The molecule has 0 saturated carbocycles. The Morgan fingerprint density at radius 3 is 0.836 bits per heavy atom. The molecule has 0 aliphatic rings. The molecule has 0 aliphatic carbocycles. The van der Waals surface area contributed by atoms with Crippen molar-refractivity contribution >= 4 is 17.9 Å². The number of unbranched alkanes of at least 4 members (excludes halogenated alkanes) is 37. The highest BCUT2D eigenvalue weighted by Crippen LogP contribution is 2.17. The molecule has 0 amide bonds. The quantitative estimate of drug-likeness (QED) is 0.0261. The van der Waals surface area contributed by atoms with Gasteiger partial charge in [0.2, 0.25) is 0 Å². The van der Waals surface area contributed by atoms with Gasteiger partial charge in [0.05, 0.1) is 0 Å². The van der Waals surface area contributed by atoms with Crippen LogP contribution in [0.4, 0.5) is 0 Å². The zero-order chi connectivity index (χ0) is 52.9. The molecule has 0 N–H and O–H groups in total. The fraction of sp³-hybridized carbons (Fsp3) is 0.806. The van der Waals surface area contributed by atoms with Gasteiger partial charge >= 0.3 is 17.9 Å². The van der Waals surface area contributed by atoms with Crippen LogP contribution < -0.4 is 0 Å². The van der Waals surface area contributed by atoms with Crippen molar-refractivity contribution in [3.05, 3.63) is 60.8 Å². The van der Waals surface area contributed by atoms with E-state index in [1.165, 1.54) is 186 Å². The maximum absolute atomic E-state index is 12.8. The number of ether oxygens (including phenoxy) is 3. The molecule has 0 aromatic carbocycles. The third-order valence-electron chi connectivity index (χ3n) is 13.9. The Labute approximate surface area is 453 Å². The van der Waals surface area contributed by atoms with Crippen molar-refractivity contribution < 1.29 is 28.6 Å². The molecule has 0 heterocycles. The lowest BCUT2D eigenvalue weighted by Crippen LogP contribution is -2.30. The Hall–Kier alpha value is -2.89. The van der Waals surface area contributed by atoms with Crippen molar-refractivity contribution in [3.8, 4) is 0 Å². The molecule has 0 aliphatic heterocycles. The number of rotatable bonds is 58. The standard InChI is InChI=1S/C67H120O6/c1-4-7-10-13-16-19-22-24-26-28-29-30-31-32-33-34-35-36-37-38-39-40-42-43-45-48-51-54-57-60-66(69)72-63-64(62-71-65(68)59-56-53-50-47-21-18-15-12-9-6-3)73-67(70)61-58-55-52-49-46-44-41-27-25-23-20-17-14-11-8-5-2/h12,15,20,22-24,27-29,41,64H,4-11,13-14,16-19,21,25-26,30-40,42-63H2,1-3H3/b15-12-,23-20-,24-22-,29-28-,41-27-. The topological polar surface area (TPSA) is 78.9 Å². The first-order valence-corrected chi connectivity index (χ1v) is 31.8. The molecule has 0 saturated heterocycles. The SMILES string of the molecule is CCC/C=C\CCCCCCCC(=O)OCC(COC(=O)CCCCCCCCCCCCCCCCCCC/C=C\C/C=C\CCCCCCC)OC(=O)CCCCCCC/C=C\C/C=C\CCCCCC. The molecule has 0 rings (SSSR count). The van der Waals surface area contributed by atoms with Crippen LogP contribution in [-0.4, -0.2) is 37.2 Å². The van der Waals surface area contributed by atoms with Gasteiger partial charge in [0.1, 0.15) is 13.2 Å². The van der Waals surface area contributed by atoms with E-state index in [-0.39, 0.29) is 31.1 Å². The van der Waals surface area contributed by atoms with Crippen LogP contribution in [-0.2, 0) is 28.6 Å². The summed E-state index contributed by atoms with van der Waals surface area (Å²) in [6, 6.07) is 0. The van der Waals surface area contributed by atoms with Crippen LogP contribution in [0.5, 0.6) is 0 Å².